The van der Waals surface area contributed by atoms with Crippen molar-refractivity contribution in [2.75, 3.05) is 5.73 Å². The molecule has 3 aromatic rings. The SMILES string of the molecule is CCCc1cc(-c2cccc3ccccc23)nc(N)n1. The third kappa shape index (κ3) is 2.35. The molecule has 2 aromatic carbocycles. The normalized spacial score (nSPS) is 10.8. The van der Waals surface area contributed by atoms with Crippen molar-refractivity contribution in [1.82, 2.24) is 9.97 Å². The Hall–Kier alpha value is -2.42. The van der Waals surface area contributed by atoms with Gasteiger partial charge < -0.3 is 5.73 Å². The van der Waals surface area contributed by atoms with E-state index < -0.39 is 0 Å². The fourth-order valence-corrected chi connectivity index (χ4v) is 2.49. The zero-order valence-corrected chi connectivity index (χ0v) is 11.5. The van der Waals surface area contributed by atoms with Crippen LogP contribution < -0.4 is 5.73 Å². The molecule has 2 N–H and O–H groups in total. The van der Waals surface area contributed by atoms with Gasteiger partial charge in [-0.1, -0.05) is 55.8 Å². The van der Waals surface area contributed by atoms with E-state index in [0.717, 1.165) is 29.8 Å². The van der Waals surface area contributed by atoms with Crippen LogP contribution in [0.3, 0.4) is 0 Å². The first kappa shape index (κ1) is 12.6. The van der Waals surface area contributed by atoms with Crippen LogP contribution in [0.15, 0.2) is 48.5 Å². The number of hydrogen-bond acceptors (Lipinski definition) is 3. The molecule has 0 aliphatic heterocycles. The zero-order chi connectivity index (χ0) is 13.9. The van der Waals surface area contributed by atoms with Gasteiger partial charge in [0.1, 0.15) is 0 Å². The summed E-state index contributed by atoms with van der Waals surface area (Å²) in [6.45, 7) is 2.13. The van der Waals surface area contributed by atoms with Gasteiger partial charge in [-0.05, 0) is 23.3 Å². The molecule has 100 valence electrons. The summed E-state index contributed by atoms with van der Waals surface area (Å²) in [7, 11) is 0. The van der Waals surface area contributed by atoms with Crippen molar-refractivity contribution in [3.63, 3.8) is 0 Å². The molecule has 3 nitrogen and oxygen atoms in total. The van der Waals surface area contributed by atoms with Crippen molar-refractivity contribution in [2.24, 2.45) is 0 Å². The first-order chi connectivity index (χ1) is 9.78. The van der Waals surface area contributed by atoms with Crippen molar-refractivity contribution < 1.29 is 0 Å². The van der Waals surface area contributed by atoms with E-state index in [1.165, 1.54) is 10.8 Å². The third-order valence-corrected chi connectivity index (χ3v) is 3.37. The van der Waals surface area contributed by atoms with Crippen molar-refractivity contribution in [1.29, 1.82) is 0 Å². The first-order valence-corrected chi connectivity index (χ1v) is 6.89. The molecule has 1 heterocycles. The molecular weight excluding hydrogens is 246 g/mol. The van der Waals surface area contributed by atoms with E-state index in [2.05, 4.69) is 47.2 Å². The number of fused-ring (bicyclic) bond motifs is 1. The minimum atomic E-state index is 0.346. The van der Waals surface area contributed by atoms with Crippen LogP contribution in [0.25, 0.3) is 22.0 Å². The zero-order valence-electron chi connectivity index (χ0n) is 11.5. The molecule has 0 bridgehead atoms. The van der Waals surface area contributed by atoms with Gasteiger partial charge >= 0.3 is 0 Å². The van der Waals surface area contributed by atoms with E-state index in [1.807, 2.05) is 18.2 Å². The summed E-state index contributed by atoms with van der Waals surface area (Å²) in [6.07, 6.45) is 1.97. The van der Waals surface area contributed by atoms with Crippen LogP contribution in [0.2, 0.25) is 0 Å². The lowest BCUT2D eigenvalue weighted by Gasteiger charge is -2.08. The second-order valence-corrected chi connectivity index (χ2v) is 4.88. The van der Waals surface area contributed by atoms with Crippen molar-refractivity contribution >= 4 is 16.7 Å². The minimum absolute atomic E-state index is 0.346. The van der Waals surface area contributed by atoms with E-state index >= 15 is 0 Å². The van der Waals surface area contributed by atoms with Crippen LogP contribution in [-0.4, -0.2) is 9.97 Å². The number of aryl methyl sites for hydroxylation is 1. The van der Waals surface area contributed by atoms with Crippen molar-refractivity contribution in [2.45, 2.75) is 19.8 Å². The Morgan fingerprint density at radius 3 is 2.65 bits per heavy atom. The highest BCUT2D eigenvalue weighted by molar-refractivity contribution is 5.95. The van der Waals surface area contributed by atoms with Gasteiger partial charge in [-0.25, -0.2) is 9.97 Å². The fourth-order valence-electron chi connectivity index (χ4n) is 2.49. The Kier molecular flexibility index (Phi) is 3.33. The molecule has 0 saturated heterocycles. The Morgan fingerprint density at radius 2 is 1.80 bits per heavy atom. The maximum absolute atomic E-state index is 5.85. The lowest BCUT2D eigenvalue weighted by atomic mass is 10.0. The molecule has 0 saturated carbocycles. The lowest BCUT2D eigenvalue weighted by molar-refractivity contribution is 0.877. The van der Waals surface area contributed by atoms with Gasteiger partial charge in [-0.15, -0.1) is 0 Å². The predicted molar refractivity (Wildman–Crippen MR) is 83.4 cm³/mol. The highest BCUT2D eigenvalue weighted by Gasteiger charge is 2.07. The predicted octanol–water partition coefficient (Wildman–Crippen LogP) is 3.83. The Morgan fingerprint density at radius 1 is 1.00 bits per heavy atom. The molecule has 20 heavy (non-hydrogen) atoms. The molecule has 0 amide bonds. The van der Waals surface area contributed by atoms with Crippen LogP contribution in [-0.2, 0) is 6.42 Å². The smallest absolute Gasteiger partial charge is 0.220 e. The quantitative estimate of drug-likeness (QED) is 0.781. The number of nitrogens with two attached hydrogens (primary N) is 1. The van der Waals surface area contributed by atoms with Gasteiger partial charge in [0.2, 0.25) is 5.95 Å². The van der Waals surface area contributed by atoms with Crippen LogP contribution in [0.4, 0.5) is 5.95 Å². The van der Waals surface area contributed by atoms with Gasteiger partial charge in [-0.3, -0.25) is 0 Å². The second kappa shape index (κ2) is 5.29. The molecular formula is C17H17N3. The summed E-state index contributed by atoms with van der Waals surface area (Å²) in [5.41, 5.74) is 8.86. The molecule has 0 unspecified atom stereocenters. The van der Waals surface area contributed by atoms with Crippen LogP contribution >= 0.6 is 0 Å². The highest BCUT2D eigenvalue weighted by Crippen LogP contribution is 2.28. The van der Waals surface area contributed by atoms with E-state index in [-0.39, 0.29) is 0 Å². The summed E-state index contributed by atoms with van der Waals surface area (Å²) in [4.78, 5) is 8.70. The summed E-state index contributed by atoms with van der Waals surface area (Å²) in [6, 6.07) is 16.6. The summed E-state index contributed by atoms with van der Waals surface area (Å²) in [5, 5.41) is 2.40. The van der Waals surface area contributed by atoms with E-state index in [4.69, 9.17) is 5.73 Å². The van der Waals surface area contributed by atoms with E-state index in [1.54, 1.807) is 0 Å². The van der Waals surface area contributed by atoms with Crippen LogP contribution in [0.5, 0.6) is 0 Å². The maximum atomic E-state index is 5.85. The molecule has 0 radical (unpaired) electrons. The number of anilines is 1. The molecule has 0 spiro atoms. The number of rotatable bonds is 3. The lowest BCUT2D eigenvalue weighted by Crippen LogP contribution is -2.01. The van der Waals surface area contributed by atoms with Gasteiger partial charge in [-0.2, -0.15) is 0 Å². The van der Waals surface area contributed by atoms with Crippen molar-refractivity contribution in [3.05, 3.63) is 54.2 Å². The van der Waals surface area contributed by atoms with Gasteiger partial charge in [0, 0.05) is 11.3 Å². The standard InChI is InChI=1S/C17H17N3/c1-2-6-13-11-16(20-17(18)19-13)15-10-5-8-12-7-3-4-9-14(12)15/h3-5,7-11H,2,6H2,1H3,(H2,18,19,20). The second-order valence-electron chi connectivity index (χ2n) is 4.88. The molecule has 3 heteroatoms. The molecule has 3 rings (SSSR count). The number of nitrogen functional groups attached to an aromatic ring is 1. The molecule has 0 fully saturated rings. The van der Waals surface area contributed by atoms with E-state index in [0.29, 0.717) is 5.95 Å². The molecule has 0 aliphatic rings. The van der Waals surface area contributed by atoms with Crippen LogP contribution in [0.1, 0.15) is 19.0 Å². The topological polar surface area (TPSA) is 51.8 Å². The third-order valence-electron chi connectivity index (χ3n) is 3.37. The molecule has 0 aliphatic carbocycles. The first-order valence-electron chi connectivity index (χ1n) is 6.89. The number of hydrogen-bond donors (Lipinski definition) is 1. The van der Waals surface area contributed by atoms with Crippen LogP contribution in [0, 0.1) is 0 Å². The average molecular weight is 263 g/mol. The molecule has 0 atom stereocenters. The number of nitrogens with zero attached hydrogens (tertiary/aromatic N) is 2. The van der Waals surface area contributed by atoms with Crippen molar-refractivity contribution in [3.8, 4) is 11.3 Å². The number of benzene rings is 2. The Bertz CT molecular complexity index is 745. The fraction of sp³-hybridized carbons (Fsp3) is 0.176. The summed E-state index contributed by atoms with van der Waals surface area (Å²) < 4.78 is 0. The van der Waals surface area contributed by atoms with Gasteiger partial charge in [0.15, 0.2) is 0 Å². The minimum Gasteiger partial charge on any atom is -0.368 e. The monoisotopic (exact) mass is 263 g/mol. The average Bonchev–Trinajstić information content (AvgIpc) is 2.46. The van der Waals surface area contributed by atoms with Gasteiger partial charge in [0.05, 0.1) is 5.69 Å². The highest BCUT2D eigenvalue weighted by atomic mass is 15.0. The van der Waals surface area contributed by atoms with E-state index in [9.17, 15) is 0 Å². The summed E-state index contributed by atoms with van der Waals surface area (Å²) >= 11 is 0. The number of aromatic nitrogens is 2. The summed E-state index contributed by atoms with van der Waals surface area (Å²) in [5.74, 6) is 0.346. The largest absolute Gasteiger partial charge is 0.368 e. The Balaban J connectivity index is 2.20. The Labute approximate surface area is 118 Å². The maximum Gasteiger partial charge on any atom is 0.220 e. The van der Waals surface area contributed by atoms with Gasteiger partial charge in [0.25, 0.3) is 0 Å². The molecule has 1 aromatic heterocycles.